The quantitative estimate of drug-likeness (QED) is 0.537. The third kappa shape index (κ3) is 2.60. The van der Waals surface area contributed by atoms with Gasteiger partial charge in [-0.25, -0.2) is 0 Å². The molecule has 2 aliphatic rings. The van der Waals surface area contributed by atoms with Crippen molar-refractivity contribution in [1.82, 2.24) is 0 Å². The largest absolute Gasteiger partial charge is 0.443 e. The molecule has 2 aliphatic heterocycles. The van der Waals surface area contributed by atoms with E-state index in [4.69, 9.17) is 38.1 Å². The molecule has 1 N–H and O–H groups in total. The highest BCUT2D eigenvalue weighted by molar-refractivity contribution is 9.10. The number of nitrogens with zero attached hydrogens (tertiary/aromatic N) is 3. The van der Waals surface area contributed by atoms with Crippen LogP contribution in [0.15, 0.2) is 46.9 Å². The Labute approximate surface area is 197 Å². The molecular formula is C22H13BrCl2N4O2. The van der Waals surface area contributed by atoms with Gasteiger partial charge in [-0.15, -0.1) is 0 Å². The minimum atomic E-state index is -2.04. The van der Waals surface area contributed by atoms with Gasteiger partial charge in [0, 0.05) is 15.1 Å². The predicted octanol–water partition coefficient (Wildman–Crippen LogP) is 5.87. The van der Waals surface area contributed by atoms with Crippen molar-refractivity contribution in [2.45, 2.75) is 18.8 Å². The van der Waals surface area contributed by atoms with E-state index in [1.54, 1.807) is 43.3 Å². The molecule has 2 fully saturated rings. The lowest BCUT2D eigenvalue weighted by atomic mass is 9.53. The molecule has 0 spiro atoms. The molecule has 0 aromatic heterocycles. The maximum atomic E-state index is 10.3. The fourth-order valence-corrected chi connectivity index (χ4v) is 5.36. The van der Waals surface area contributed by atoms with Gasteiger partial charge >= 0.3 is 0 Å². The van der Waals surface area contributed by atoms with E-state index in [0.29, 0.717) is 16.1 Å². The molecule has 2 aromatic carbocycles. The van der Waals surface area contributed by atoms with Crippen LogP contribution in [0.25, 0.3) is 0 Å². The number of nitriles is 3. The number of benzene rings is 2. The summed E-state index contributed by atoms with van der Waals surface area (Å²) in [6, 6.07) is 17.7. The highest BCUT2D eigenvalue weighted by Crippen LogP contribution is 2.69. The topological polar surface area (TPSA) is 114 Å². The zero-order valence-corrected chi connectivity index (χ0v) is 19.1. The second kappa shape index (κ2) is 7.23. The van der Waals surface area contributed by atoms with Crippen LogP contribution in [0.5, 0.6) is 0 Å². The second-order valence-electron chi connectivity index (χ2n) is 7.45. The first-order valence-electron chi connectivity index (χ1n) is 9.13. The Morgan fingerprint density at radius 1 is 1.03 bits per heavy atom. The minimum absolute atomic E-state index is 0.219. The van der Waals surface area contributed by atoms with Crippen LogP contribution in [-0.2, 0) is 15.3 Å². The molecule has 4 unspecified atom stereocenters. The molecule has 0 aliphatic carbocycles. The van der Waals surface area contributed by atoms with Crippen molar-refractivity contribution in [2.24, 2.45) is 16.7 Å². The smallest absolute Gasteiger partial charge is 0.245 e. The summed E-state index contributed by atoms with van der Waals surface area (Å²) in [7, 11) is 0. The number of hydrogen-bond acceptors (Lipinski definition) is 6. The maximum Gasteiger partial charge on any atom is 0.245 e. The summed E-state index contributed by atoms with van der Waals surface area (Å²) >= 11 is 15.9. The number of hydrogen-bond donors (Lipinski definition) is 1. The summed E-state index contributed by atoms with van der Waals surface area (Å²) < 4.78 is 13.1. The molecule has 4 rings (SSSR count). The number of fused-ring (bicyclic) bond motifs is 2. The Kier molecular flexibility index (Phi) is 5.04. The molecular weight excluding hydrogens is 503 g/mol. The van der Waals surface area contributed by atoms with E-state index >= 15 is 0 Å². The number of ether oxygens (including phenoxy) is 2. The zero-order chi connectivity index (χ0) is 22.6. The number of rotatable bonds is 2. The van der Waals surface area contributed by atoms with Crippen molar-refractivity contribution in [2.75, 3.05) is 0 Å². The highest BCUT2D eigenvalue weighted by Gasteiger charge is 2.80. The molecule has 31 heavy (non-hydrogen) atoms. The third-order valence-corrected chi connectivity index (χ3v) is 7.22. The van der Waals surface area contributed by atoms with E-state index < -0.39 is 34.5 Å². The lowest BCUT2D eigenvalue weighted by Crippen LogP contribution is -2.57. The molecule has 6 nitrogen and oxygen atoms in total. The van der Waals surface area contributed by atoms with Gasteiger partial charge in [0.15, 0.2) is 5.41 Å². The standard InChI is InChI=1S/C22H13BrCl2N4O2/c1-12-21(11-28)19(29)31-22(12,16-7-6-15(24)8-17(16)25)30-18(20(21,9-26)10-27)13-2-4-14(23)5-3-13/h2-8,12,18,29H,1H3. The first kappa shape index (κ1) is 21.6. The van der Waals surface area contributed by atoms with E-state index in [-0.39, 0.29) is 5.02 Å². The Balaban J connectivity index is 2.06. The van der Waals surface area contributed by atoms with Gasteiger partial charge in [-0.1, -0.05) is 58.2 Å². The van der Waals surface area contributed by atoms with Crippen molar-refractivity contribution in [3.63, 3.8) is 0 Å². The van der Waals surface area contributed by atoms with Gasteiger partial charge < -0.3 is 9.47 Å². The molecule has 2 bridgehead atoms. The van der Waals surface area contributed by atoms with Crippen molar-refractivity contribution in [3.05, 3.63) is 68.1 Å². The monoisotopic (exact) mass is 514 g/mol. The van der Waals surface area contributed by atoms with Gasteiger partial charge in [0.25, 0.3) is 0 Å². The molecule has 2 saturated heterocycles. The second-order valence-corrected chi connectivity index (χ2v) is 9.20. The van der Waals surface area contributed by atoms with Gasteiger partial charge in [0.05, 0.1) is 29.1 Å². The van der Waals surface area contributed by atoms with E-state index in [0.717, 1.165) is 4.47 Å². The Morgan fingerprint density at radius 3 is 2.23 bits per heavy atom. The van der Waals surface area contributed by atoms with Gasteiger partial charge in [-0.05, 0) is 35.9 Å². The lowest BCUT2D eigenvalue weighted by molar-refractivity contribution is -0.288. The van der Waals surface area contributed by atoms with E-state index in [1.807, 2.05) is 12.1 Å². The summed E-state index contributed by atoms with van der Waals surface area (Å²) in [4.78, 5) is 0. The van der Waals surface area contributed by atoms with E-state index in [9.17, 15) is 15.8 Å². The van der Waals surface area contributed by atoms with Crippen LogP contribution in [0, 0.1) is 56.2 Å². The summed E-state index contributed by atoms with van der Waals surface area (Å²) in [5.41, 5.74) is -3.08. The van der Waals surface area contributed by atoms with Crippen LogP contribution in [0.1, 0.15) is 24.2 Å². The molecule has 4 atom stereocenters. The van der Waals surface area contributed by atoms with Crippen LogP contribution in [0.2, 0.25) is 10.0 Å². The summed E-state index contributed by atoms with van der Waals surface area (Å²) in [6.07, 6.45) is -1.19. The van der Waals surface area contributed by atoms with Gasteiger partial charge in [0.1, 0.15) is 6.10 Å². The first-order chi connectivity index (χ1) is 14.7. The summed E-state index contributed by atoms with van der Waals surface area (Å²) in [6.45, 7) is 1.62. The van der Waals surface area contributed by atoms with Crippen molar-refractivity contribution in [3.8, 4) is 18.2 Å². The third-order valence-electron chi connectivity index (χ3n) is 6.15. The fourth-order valence-electron chi connectivity index (χ4n) is 4.55. The highest BCUT2D eigenvalue weighted by atomic mass is 79.9. The van der Waals surface area contributed by atoms with Gasteiger partial charge in [-0.2, -0.15) is 15.8 Å². The normalized spacial score (nSPS) is 30.5. The summed E-state index contributed by atoms with van der Waals surface area (Å²) in [5, 5.41) is 39.9. The maximum absolute atomic E-state index is 10.3. The molecule has 2 heterocycles. The Morgan fingerprint density at radius 2 is 1.68 bits per heavy atom. The molecule has 9 heteroatoms. The molecule has 0 radical (unpaired) electrons. The SMILES string of the molecule is CC1C2(c3ccc(Cl)cc3Cl)OC(=N)C1(C#N)C(C#N)(C#N)C(c1ccc(Br)cc1)O2. The number of nitrogens with one attached hydrogen (secondary N) is 1. The fraction of sp³-hybridized carbons (Fsp3) is 0.273. The minimum Gasteiger partial charge on any atom is -0.443 e. The Bertz CT molecular complexity index is 1220. The van der Waals surface area contributed by atoms with Crippen molar-refractivity contribution >= 4 is 45.0 Å². The van der Waals surface area contributed by atoms with Crippen LogP contribution in [-0.4, -0.2) is 5.90 Å². The van der Waals surface area contributed by atoms with E-state index in [2.05, 4.69) is 22.0 Å². The van der Waals surface area contributed by atoms with Crippen LogP contribution in [0.4, 0.5) is 0 Å². The van der Waals surface area contributed by atoms with Crippen molar-refractivity contribution < 1.29 is 9.47 Å². The van der Waals surface area contributed by atoms with Crippen molar-refractivity contribution in [1.29, 1.82) is 21.2 Å². The van der Waals surface area contributed by atoms with E-state index in [1.165, 1.54) is 6.07 Å². The number of halogens is 3. The molecule has 0 amide bonds. The van der Waals surface area contributed by atoms with Crippen LogP contribution >= 0.6 is 39.1 Å². The molecule has 0 saturated carbocycles. The summed E-state index contributed by atoms with van der Waals surface area (Å²) in [5.74, 6) is -3.07. The predicted molar refractivity (Wildman–Crippen MR) is 116 cm³/mol. The van der Waals surface area contributed by atoms with Gasteiger partial charge in [-0.3, -0.25) is 5.41 Å². The average molecular weight is 516 g/mol. The molecule has 2 aromatic rings. The average Bonchev–Trinajstić information content (AvgIpc) is 2.91. The zero-order valence-electron chi connectivity index (χ0n) is 16.0. The first-order valence-corrected chi connectivity index (χ1v) is 10.7. The Hall–Kier alpha value is -2.60. The van der Waals surface area contributed by atoms with Crippen LogP contribution < -0.4 is 0 Å². The molecule has 154 valence electrons. The lowest BCUT2D eigenvalue weighted by Gasteiger charge is -2.49. The van der Waals surface area contributed by atoms with Gasteiger partial charge in [0.2, 0.25) is 17.1 Å². The van der Waals surface area contributed by atoms with Crippen LogP contribution in [0.3, 0.4) is 0 Å².